The predicted octanol–water partition coefficient (Wildman–Crippen LogP) is 4.00. The molecule has 11 nitrogen and oxygen atoms in total. The van der Waals surface area contributed by atoms with Crippen LogP contribution in [0.4, 0.5) is 32.3 Å². The highest BCUT2D eigenvalue weighted by Gasteiger charge is 2.26. The van der Waals surface area contributed by atoms with Gasteiger partial charge in [0.1, 0.15) is 35.6 Å². The molecule has 2 aliphatic rings. The van der Waals surface area contributed by atoms with E-state index in [-0.39, 0.29) is 12.2 Å². The Labute approximate surface area is 238 Å². The second kappa shape index (κ2) is 12.8. The molecule has 0 radical (unpaired) electrons. The first-order valence-corrected chi connectivity index (χ1v) is 14.0. The molecule has 0 aliphatic carbocycles. The number of nitrogens with zero attached hydrogens (tertiary/aromatic N) is 4. The SMILES string of the molecule is CCc1c(NC[C@H](NC(=O)Nc2cccc(F)c2)C(=O)O)ncnc1N1CCC(c2ccc3c(n2)NCCC3)CC1. The van der Waals surface area contributed by atoms with E-state index in [1.807, 2.05) is 6.92 Å². The van der Waals surface area contributed by atoms with Crippen molar-refractivity contribution in [1.29, 1.82) is 0 Å². The molecule has 216 valence electrons. The fourth-order valence-electron chi connectivity index (χ4n) is 5.40. The van der Waals surface area contributed by atoms with Crippen LogP contribution in [0.2, 0.25) is 0 Å². The van der Waals surface area contributed by atoms with Crippen LogP contribution in [-0.2, 0) is 17.6 Å². The molecule has 2 amide bonds. The number of benzene rings is 1. The number of aliphatic carboxylic acids is 1. The van der Waals surface area contributed by atoms with Crippen molar-refractivity contribution in [2.75, 3.05) is 47.0 Å². The van der Waals surface area contributed by atoms with Gasteiger partial charge in [-0.05, 0) is 61.9 Å². The summed E-state index contributed by atoms with van der Waals surface area (Å²) in [6, 6.07) is 7.73. The summed E-state index contributed by atoms with van der Waals surface area (Å²) in [5.41, 5.74) is 3.53. The van der Waals surface area contributed by atoms with E-state index in [1.54, 1.807) is 0 Å². The molecule has 2 aliphatic heterocycles. The molecule has 1 fully saturated rings. The average molecular weight is 563 g/mol. The molecule has 0 unspecified atom stereocenters. The zero-order valence-corrected chi connectivity index (χ0v) is 23.0. The number of fused-ring (bicyclic) bond motifs is 1. The smallest absolute Gasteiger partial charge is 0.328 e. The molecule has 41 heavy (non-hydrogen) atoms. The van der Waals surface area contributed by atoms with Crippen LogP contribution >= 0.6 is 0 Å². The normalized spacial score (nSPS) is 15.8. The van der Waals surface area contributed by atoms with Crippen molar-refractivity contribution in [3.8, 4) is 0 Å². The number of amides is 2. The maximum absolute atomic E-state index is 13.4. The molecule has 5 N–H and O–H groups in total. The quantitative estimate of drug-likeness (QED) is 0.261. The first kappa shape index (κ1) is 28.1. The van der Waals surface area contributed by atoms with Gasteiger partial charge in [0.2, 0.25) is 0 Å². The molecule has 3 aromatic rings. The third-order valence-electron chi connectivity index (χ3n) is 7.56. The Hall–Kier alpha value is -4.48. The van der Waals surface area contributed by atoms with E-state index < -0.39 is 23.9 Å². The van der Waals surface area contributed by atoms with Gasteiger partial charge in [-0.15, -0.1) is 0 Å². The number of hydrogen-bond donors (Lipinski definition) is 5. The van der Waals surface area contributed by atoms with Gasteiger partial charge in [0.15, 0.2) is 0 Å². The van der Waals surface area contributed by atoms with E-state index in [0.29, 0.717) is 18.2 Å². The van der Waals surface area contributed by atoms with Crippen molar-refractivity contribution in [2.45, 2.75) is 51.0 Å². The van der Waals surface area contributed by atoms with Crippen molar-refractivity contribution >= 4 is 35.1 Å². The Kier molecular flexibility index (Phi) is 8.76. The summed E-state index contributed by atoms with van der Waals surface area (Å²) in [6.07, 6.45) is 6.23. The number of carbonyl (C=O) groups excluding carboxylic acids is 1. The second-order valence-corrected chi connectivity index (χ2v) is 10.3. The lowest BCUT2D eigenvalue weighted by atomic mass is 9.92. The van der Waals surface area contributed by atoms with Gasteiger partial charge in [-0.3, -0.25) is 0 Å². The van der Waals surface area contributed by atoms with Crippen LogP contribution in [0.25, 0.3) is 0 Å². The third-order valence-corrected chi connectivity index (χ3v) is 7.56. The Morgan fingerprint density at radius 1 is 1.20 bits per heavy atom. The van der Waals surface area contributed by atoms with Gasteiger partial charge in [-0.2, -0.15) is 0 Å². The molecule has 2 aromatic heterocycles. The first-order valence-electron chi connectivity index (χ1n) is 14.0. The highest BCUT2D eigenvalue weighted by molar-refractivity contribution is 5.92. The lowest BCUT2D eigenvalue weighted by Crippen LogP contribution is -2.47. The van der Waals surface area contributed by atoms with E-state index in [2.05, 4.69) is 48.3 Å². The maximum atomic E-state index is 13.4. The molecule has 1 aromatic carbocycles. The molecule has 1 saturated heterocycles. The Morgan fingerprint density at radius 3 is 2.78 bits per heavy atom. The number of halogens is 1. The van der Waals surface area contributed by atoms with E-state index in [4.69, 9.17) is 4.98 Å². The minimum Gasteiger partial charge on any atom is -0.480 e. The largest absolute Gasteiger partial charge is 0.480 e. The number of aryl methyl sites for hydroxylation is 1. The number of nitrogens with one attached hydrogen (secondary N) is 4. The molecular formula is C29H35FN8O3. The van der Waals surface area contributed by atoms with Crippen LogP contribution in [-0.4, -0.2) is 64.3 Å². The summed E-state index contributed by atoms with van der Waals surface area (Å²) in [6.45, 7) is 4.51. The van der Waals surface area contributed by atoms with E-state index in [1.165, 1.54) is 30.1 Å². The number of piperidine rings is 1. The summed E-state index contributed by atoms with van der Waals surface area (Å²) < 4.78 is 13.4. The van der Waals surface area contributed by atoms with Crippen LogP contribution in [0.1, 0.15) is 48.9 Å². The standard InChI is InChI=1S/C29H35FN8O3/c1-2-22-26(32-16-24(28(39)40)37-29(41)35-21-7-3-6-20(30)15-21)33-17-34-27(22)38-13-10-18(11-14-38)23-9-8-19-5-4-12-31-25(19)36-23/h3,6-9,15,17-18,24H,2,4-5,10-14,16H2,1H3,(H,31,36)(H,39,40)(H,32,33,34)(H2,35,37,41)/t24-/m0/s1. The van der Waals surface area contributed by atoms with Crippen molar-refractivity contribution < 1.29 is 19.1 Å². The number of carboxylic acids is 1. The topological polar surface area (TPSA) is 144 Å². The zero-order valence-electron chi connectivity index (χ0n) is 23.0. The molecule has 5 rings (SSSR count). The van der Waals surface area contributed by atoms with Gasteiger partial charge in [0.05, 0.1) is 0 Å². The minimum atomic E-state index is -1.25. The van der Waals surface area contributed by atoms with Crippen LogP contribution in [0.15, 0.2) is 42.7 Å². The van der Waals surface area contributed by atoms with Crippen LogP contribution in [0.3, 0.4) is 0 Å². The number of aromatic nitrogens is 3. The number of carbonyl (C=O) groups is 2. The van der Waals surface area contributed by atoms with Crippen LogP contribution < -0.4 is 26.2 Å². The van der Waals surface area contributed by atoms with E-state index >= 15 is 0 Å². The minimum absolute atomic E-state index is 0.102. The molecule has 12 heteroatoms. The number of carboxylic acid groups (broad SMARTS) is 1. The van der Waals surface area contributed by atoms with Gasteiger partial charge in [0, 0.05) is 49.0 Å². The Balaban J connectivity index is 1.21. The Bertz CT molecular complexity index is 1400. The van der Waals surface area contributed by atoms with Gasteiger partial charge in [-0.1, -0.05) is 19.1 Å². The maximum Gasteiger partial charge on any atom is 0.328 e. The fourth-order valence-corrected chi connectivity index (χ4v) is 5.40. The first-order chi connectivity index (χ1) is 19.9. The van der Waals surface area contributed by atoms with Crippen molar-refractivity contribution in [3.05, 3.63) is 65.4 Å². The van der Waals surface area contributed by atoms with Crippen molar-refractivity contribution in [3.63, 3.8) is 0 Å². The highest BCUT2D eigenvalue weighted by Crippen LogP contribution is 2.33. The number of rotatable bonds is 9. The van der Waals surface area contributed by atoms with Crippen LogP contribution in [0.5, 0.6) is 0 Å². The van der Waals surface area contributed by atoms with Crippen molar-refractivity contribution in [1.82, 2.24) is 20.3 Å². The lowest BCUT2D eigenvalue weighted by Gasteiger charge is -2.34. The number of pyridine rings is 1. The van der Waals surface area contributed by atoms with Gasteiger partial charge >= 0.3 is 12.0 Å². The monoisotopic (exact) mass is 562 g/mol. The van der Waals surface area contributed by atoms with Gasteiger partial charge < -0.3 is 31.3 Å². The number of urea groups is 1. The predicted molar refractivity (Wildman–Crippen MR) is 155 cm³/mol. The molecule has 1 atom stereocenters. The molecule has 4 heterocycles. The Morgan fingerprint density at radius 2 is 2.02 bits per heavy atom. The molecule has 0 bridgehead atoms. The summed E-state index contributed by atoms with van der Waals surface area (Å²) in [7, 11) is 0. The molecule has 0 spiro atoms. The molecular weight excluding hydrogens is 527 g/mol. The van der Waals surface area contributed by atoms with E-state index in [9.17, 15) is 19.1 Å². The third kappa shape index (κ3) is 6.82. The summed E-state index contributed by atoms with van der Waals surface area (Å²) in [5.74, 6) is 1.03. The number of hydrogen-bond acceptors (Lipinski definition) is 8. The van der Waals surface area contributed by atoms with Gasteiger partial charge in [-0.25, -0.2) is 28.9 Å². The second-order valence-electron chi connectivity index (χ2n) is 10.3. The summed E-state index contributed by atoms with van der Waals surface area (Å²) in [4.78, 5) is 40.3. The lowest BCUT2D eigenvalue weighted by molar-refractivity contribution is -0.138. The highest BCUT2D eigenvalue weighted by atomic mass is 19.1. The van der Waals surface area contributed by atoms with Crippen molar-refractivity contribution in [2.24, 2.45) is 0 Å². The van der Waals surface area contributed by atoms with E-state index in [0.717, 1.165) is 74.3 Å². The van der Waals surface area contributed by atoms with Gasteiger partial charge in [0.25, 0.3) is 0 Å². The molecule has 0 saturated carbocycles. The summed E-state index contributed by atoms with van der Waals surface area (Å²) in [5, 5.41) is 21.1. The zero-order chi connectivity index (χ0) is 28.8. The fraction of sp³-hybridized carbons (Fsp3) is 0.414. The number of anilines is 4. The summed E-state index contributed by atoms with van der Waals surface area (Å²) >= 11 is 0. The average Bonchev–Trinajstić information content (AvgIpc) is 2.98. The van der Waals surface area contributed by atoms with Crippen LogP contribution in [0, 0.1) is 5.82 Å².